The van der Waals surface area contributed by atoms with Gasteiger partial charge in [-0.1, -0.05) is 29.0 Å². The lowest BCUT2D eigenvalue weighted by Crippen LogP contribution is -2.32. The summed E-state index contributed by atoms with van der Waals surface area (Å²) in [5.41, 5.74) is 0.939. The van der Waals surface area contributed by atoms with Gasteiger partial charge in [0, 0.05) is 43.2 Å². The van der Waals surface area contributed by atoms with E-state index in [0.29, 0.717) is 40.7 Å². The average Bonchev–Trinajstić information content (AvgIpc) is 3.41. The fraction of sp³-hybridized carbons (Fsp3) is 0.150. The van der Waals surface area contributed by atoms with E-state index in [4.69, 9.17) is 11.6 Å². The summed E-state index contributed by atoms with van der Waals surface area (Å²) < 4.78 is 2.82. The van der Waals surface area contributed by atoms with Crippen molar-refractivity contribution in [2.75, 3.05) is 11.4 Å². The number of benzene rings is 2. The summed E-state index contributed by atoms with van der Waals surface area (Å²) in [5, 5.41) is 12.0. The van der Waals surface area contributed by atoms with Crippen molar-refractivity contribution >= 4 is 49.9 Å². The molecule has 30 heavy (non-hydrogen) atoms. The quantitative estimate of drug-likeness (QED) is 0.303. The summed E-state index contributed by atoms with van der Waals surface area (Å²) in [5.74, 6) is -0.272. The number of non-ortho nitro benzene ring substituents is 1. The highest BCUT2D eigenvalue weighted by Crippen LogP contribution is 2.33. The molecule has 0 saturated heterocycles. The predicted octanol–water partition coefficient (Wildman–Crippen LogP) is 4.79. The lowest BCUT2D eigenvalue weighted by Gasteiger charge is -2.20. The van der Waals surface area contributed by atoms with Crippen molar-refractivity contribution in [3.63, 3.8) is 0 Å². The zero-order chi connectivity index (χ0) is 21.1. The Kier molecular flexibility index (Phi) is 5.73. The molecule has 152 valence electrons. The van der Waals surface area contributed by atoms with Crippen LogP contribution in [0.4, 0.5) is 10.8 Å². The molecule has 2 heterocycles. The monoisotopic (exact) mass is 441 g/mol. The molecule has 2 aromatic carbocycles. The molecule has 0 N–H and O–H groups in total. The van der Waals surface area contributed by atoms with Crippen molar-refractivity contribution in [1.29, 1.82) is 0 Å². The van der Waals surface area contributed by atoms with Crippen molar-refractivity contribution in [2.24, 2.45) is 0 Å². The molecule has 4 rings (SSSR count). The number of nitro groups is 1. The number of aromatic nitrogens is 3. The summed E-state index contributed by atoms with van der Waals surface area (Å²) in [6.07, 6.45) is 5.97. The summed E-state index contributed by atoms with van der Waals surface area (Å²) in [4.78, 5) is 33.9. The van der Waals surface area contributed by atoms with Crippen LogP contribution in [0.5, 0.6) is 0 Å². The molecule has 2 aromatic heterocycles. The topological polar surface area (TPSA) is 94.2 Å². The predicted molar refractivity (Wildman–Crippen MR) is 116 cm³/mol. The molecule has 0 aliphatic rings. The molecule has 0 unspecified atom stereocenters. The average molecular weight is 442 g/mol. The minimum Gasteiger partial charge on any atom is -0.337 e. The van der Waals surface area contributed by atoms with E-state index in [0.717, 1.165) is 4.70 Å². The van der Waals surface area contributed by atoms with E-state index in [1.807, 2.05) is 22.9 Å². The Labute approximate surface area is 180 Å². The van der Waals surface area contributed by atoms with E-state index in [-0.39, 0.29) is 11.6 Å². The van der Waals surface area contributed by atoms with Gasteiger partial charge in [-0.15, -0.1) is 0 Å². The van der Waals surface area contributed by atoms with E-state index in [1.54, 1.807) is 23.5 Å². The number of amides is 1. The molecular formula is C20H16ClN5O3S. The number of para-hydroxylation sites is 1. The highest BCUT2D eigenvalue weighted by molar-refractivity contribution is 7.22. The first kappa shape index (κ1) is 20.0. The number of aryl methyl sites for hydroxylation is 1. The number of carbonyl (C=O) groups is 1. The largest absolute Gasteiger partial charge is 0.337 e. The van der Waals surface area contributed by atoms with Crippen LogP contribution < -0.4 is 4.90 Å². The van der Waals surface area contributed by atoms with Crippen LogP contribution in [-0.2, 0) is 6.54 Å². The molecule has 0 aliphatic heterocycles. The summed E-state index contributed by atoms with van der Waals surface area (Å²) >= 11 is 7.64. The molecule has 0 spiro atoms. The van der Waals surface area contributed by atoms with Crippen molar-refractivity contribution in [2.45, 2.75) is 13.0 Å². The van der Waals surface area contributed by atoms with Crippen LogP contribution in [0.2, 0.25) is 5.02 Å². The molecular weight excluding hydrogens is 426 g/mol. The first-order chi connectivity index (χ1) is 14.5. The number of thiazole rings is 1. The minimum atomic E-state index is -0.493. The van der Waals surface area contributed by atoms with Crippen LogP contribution in [0.15, 0.2) is 61.2 Å². The molecule has 0 atom stereocenters. The van der Waals surface area contributed by atoms with Crippen LogP contribution in [0, 0.1) is 10.1 Å². The maximum absolute atomic E-state index is 13.3. The Morgan fingerprint density at radius 1 is 1.23 bits per heavy atom. The maximum Gasteiger partial charge on any atom is 0.269 e. The Bertz CT molecular complexity index is 1190. The molecule has 0 radical (unpaired) electrons. The molecule has 0 fully saturated rings. The maximum atomic E-state index is 13.3. The van der Waals surface area contributed by atoms with Gasteiger partial charge in [0.25, 0.3) is 11.6 Å². The molecule has 8 nitrogen and oxygen atoms in total. The van der Waals surface area contributed by atoms with Crippen LogP contribution in [0.3, 0.4) is 0 Å². The van der Waals surface area contributed by atoms with E-state index in [1.165, 1.54) is 35.6 Å². The lowest BCUT2D eigenvalue weighted by molar-refractivity contribution is -0.384. The Hall–Kier alpha value is -3.30. The Balaban J connectivity index is 1.63. The van der Waals surface area contributed by atoms with Gasteiger partial charge in [-0.25, -0.2) is 9.97 Å². The molecule has 0 bridgehead atoms. The summed E-state index contributed by atoms with van der Waals surface area (Å²) in [7, 11) is 0. The molecule has 0 saturated carbocycles. The van der Waals surface area contributed by atoms with Crippen LogP contribution >= 0.6 is 22.9 Å². The first-order valence-corrected chi connectivity index (χ1v) is 10.3. The van der Waals surface area contributed by atoms with Gasteiger partial charge in [0.2, 0.25) is 0 Å². The van der Waals surface area contributed by atoms with Gasteiger partial charge in [0.15, 0.2) is 5.13 Å². The van der Waals surface area contributed by atoms with E-state index in [9.17, 15) is 14.9 Å². The molecule has 4 aromatic rings. The van der Waals surface area contributed by atoms with E-state index >= 15 is 0 Å². The summed E-state index contributed by atoms with van der Waals surface area (Å²) in [6.45, 7) is 1.11. The zero-order valence-corrected chi connectivity index (χ0v) is 17.2. The highest BCUT2D eigenvalue weighted by Gasteiger charge is 2.22. The second-order valence-corrected chi connectivity index (χ2v) is 7.91. The zero-order valence-electron chi connectivity index (χ0n) is 15.6. The van der Waals surface area contributed by atoms with Gasteiger partial charge in [-0.2, -0.15) is 0 Å². The smallest absolute Gasteiger partial charge is 0.269 e. The van der Waals surface area contributed by atoms with Crippen molar-refractivity contribution < 1.29 is 9.72 Å². The fourth-order valence-electron chi connectivity index (χ4n) is 3.01. The normalized spacial score (nSPS) is 11.0. The number of hydrogen-bond acceptors (Lipinski definition) is 6. The molecule has 1 amide bonds. The van der Waals surface area contributed by atoms with E-state index < -0.39 is 4.92 Å². The third-order valence-electron chi connectivity index (χ3n) is 4.52. The van der Waals surface area contributed by atoms with Gasteiger partial charge in [-0.3, -0.25) is 19.8 Å². The van der Waals surface area contributed by atoms with Crippen LogP contribution in [-0.4, -0.2) is 31.9 Å². The SMILES string of the molecule is O=C(c1ccc([N+](=O)[O-])cc1)N(CCCn1ccnc1)c1nc2c(Cl)cccc2s1. The summed E-state index contributed by atoms with van der Waals surface area (Å²) in [6, 6.07) is 11.1. The third kappa shape index (κ3) is 4.17. The molecule has 0 aliphatic carbocycles. The van der Waals surface area contributed by atoms with Crippen molar-refractivity contribution in [3.05, 3.63) is 81.9 Å². The Morgan fingerprint density at radius 2 is 2.03 bits per heavy atom. The standard InChI is InChI=1S/C20H16ClN5O3S/c21-16-3-1-4-17-18(16)23-20(30-17)25(11-2-10-24-12-9-22-13-24)19(27)14-5-7-15(8-6-14)26(28)29/h1,3-9,12-13H,2,10-11H2. The number of fused-ring (bicyclic) bond motifs is 1. The Morgan fingerprint density at radius 3 is 2.70 bits per heavy atom. The van der Waals surface area contributed by atoms with Gasteiger partial charge in [0.1, 0.15) is 5.52 Å². The number of carbonyl (C=O) groups excluding carboxylic acids is 1. The minimum absolute atomic E-state index is 0.0648. The number of hydrogen-bond donors (Lipinski definition) is 0. The van der Waals surface area contributed by atoms with Crippen molar-refractivity contribution in [3.8, 4) is 0 Å². The van der Waals surface area contributed by atoms with Crippen LogP contribution in [0.1, 0.15) is 16.8 Å². The molecule has 10 heteroatoms. The second-order valence-electron chi connectivity index (χ2n) is 6.50. The highest BCUT2D eigenvalue weighted by atomic mass is 35.5. The number of anilines is 1. The first-order valence-electron chi connectivity index (χ1n) is 9.10. The van der Waals surface area contributed by atoms with Crippen molar-refractivity contribution in [1.82, 2.24) is 14.5 Å². The fourth-order valence-corrected chi connectivity index (χ4v) is 4.30. The number of imidazole rings is 1. The number of nitrogens with zero attached hydrogens (tertiary/aromatic N) is 5. The number of rotatable bonds is 7. The number of halogens is 1. The third-order valence-corrected chi connectivity index (χ3v) is 5.87. The number of nitro benzene ring substituents is 1. The lowest BCUT2D eigenvalue weighted by atomic mass is 10.2. The second kappa shape index (κ2) is 8.60. The van der Waals surface area contributed by atoms with Gasteiger partial charge in [-0.05, 0) is 30.7 Å². The van der Waals surface area contributed by atoms with Crippen LogP contribution in [0.25, 0.3) is 10.2 Å². The van der Waals surface area contributed by atoms with Gasteiger partial charge in [0.05, 0.1) is 21.0 Å². The van der Waals surface area contributed by atoms with E-state index in [2.05, 4.69) is 9.97 Å². The van der Waals surface area contributed by atoms with Gasteiger partial charge < -0.3 is 4.57 Å². The van der Waals surface area contributed by atoms with Gasteiger partial charge >= 0.3 is 0 Å².